The monoisotopic (exact) mass is 480 g/mol. The van der Waals surface area contributed by atoms with Gasteiger partial charge in [-0.2, -0.15) is 0 Å². The van der Waals surface area contributed by atoms with E-state index in [1.807, 2.05) is 50.2 Å². The summed E-state index contributed by atoms with van der Waals surface area (Å²) in [6.07, 6.45) is 0.373. The van der Waals surface area contributed by atoms with Crippen molar-refractivity contribution >= 4 is 23.4 Å². The van der Waals surface area contributed by atoms with Gasteiger partial charge in [0.25, 0.3) is 0 Å². The van der Waals surface area contributed by atoms with Crippen LogP contribution in [0.4, 0.5) is 4.39 Å². The van der Waals surface area contributed by atoms with Crippen molar-refractivity contribution in [2.24, 2.45) is 5.92 Å². The molecule has 0 saturated heterocycles. The zero-order chi connectivity index (χ0) is 24.5. The van der Waals surface area contributed by atoms with Crippen LogP contribution in [0.25, 0.3) is 0 Å². The van der Waals surface area contributed by atoms with Crippen molar-refractivity contribution in [1.29, 1.82) is 0 Å². The quantitative estimate of drug-likeness (QED) is 0.420. The molecule has 178 valence electrons. The van der Waals surface area contributed by atoms with E-state index in [0.29, 0.717) is 23.6 Å². The van der Waals surface area contributed by atoms with Gasteiger partial charge >= 0.3 is 0 Å². The van der Waals surface area contributed by atoms with Crippen molar-refractivity contribution in [3.63, 3.8) is 0 Å². The molecule has 0 radical (unpaired) electrons. The highest BCUT2D eigenvalue weighted by molar-refractivity contribution is 6.30. The van der Waals surface area contributed by atoms with Crippen LogP contribution in [0, 0.1) is 11.7 Å². The summed E-state index contributed by atoms with van der Waals surface area (Å²) in [6.45, 7) is 4.49. The second kappa shape index (κ2) is 12.3. The number of hydrogen-bond acceptors (Lipinski definition) is 2. The Bertz CT molecular complexity index is 1100. The first kappa shape index (κ1) is 25.4. The van der Waals surface area contributed by atoms with Crippen LogP contribution >= 0.6 is 11.6 Å². The predicted molar refractivity (Wildman–Crippen MR) is 134 cm³/mol. The normalized spacial score (nSPS) is 11.8. The molecular formula is C28H30ClFN2O2. The van der Waals surface area contributed by atoms with Crippen molar-refractivity contribution in [2.75, 3.05) is 6.54 Å². The number of rotatable bonds is 10. The van der Waals surface area contributed by atoms with Crippen molar-refractivity contribution < 1.29 is 14.0 Å². The van der Waals surface area contributed by atoms with Crippen LogP contribution in [0.3, 0.4) is 0 Å². The van der Waals surface area contributed by atoms with E-state index >= 15 is 0 Å². The van der Waals surface area contributed by atoms with Gasteiger partial charge in [0.2, 0.25) is 11.8 Å². The minimum absolute atomic E-state index is 0.0152. The number of carbonyl (C=O) groups is 2. The summed E-state index contributed by atoms with van der Waals surface area (Å²) in [6, 6.07) is 22.1. The fraction of sp³-hybridized carbons (Fsp3) is 0.286. The number of benzene rings is 3. The van der Waals surface area contributed by atoms with Gasteiger partial charge in [-0.25, -0.2) is 4.39 Å². The van der Waals surface area contributed by atoms with Gasteiger partial charge in [-0.1, -0.05) is 86.1 Å². The Kier molecular flexibility index (Phi) is 9.23. The van der Waals surface area contributed by atoms with Gasteiger partial charge in [-0.05, 0) is 35.2 Å². The van der Waals surface area contributed by atoms with Crippen LogP contribution in [0.15, 0.2) is 78.9 Å². The molecule has 1 N–H and O–H groups in total. The minimum Gasteiger partial charge on any atom is -0.354 e. The molecule has 0 aliphatic rings. The lowest BCUT2D eigenvalue weighted by molar-refractivity contribution is -0.140. The average Bonchev–Trinajstić information content (AvgIpc) is 2.81. The fourth-order valence-electron chi connectivity index (χ4n) is 3.71. The van der Waals surface area contributed by atoms with Crippen LogP contribution in [0.1, 0.15) is 30.5 Å². The Hall–Kier alpha value is -3.18. The first-order chi connectivity index (χ1) is 16.3. The number of nitrogens with one attached hydrogen (secondary N) is 1. The number of nitrogens with zero attached hydrogens (tertiary/aromatic N) is 1. The zero-order valence-electron chi connectivity index (χ0n) is 19.5. The fourth-order valence-corrected chi connectivity index (χ4v) is 3.92. The van der Waals surface area contributed by atoms with Gasteiger partial charge in [0.1, 0.15) is 11.9 Å². The maximum atomic E-state index is 14.6. The van der Waals surface area contributed by atoms with Crippen molar-refractivity contribution in [2.45, 2.75) is 39.3 Å². The molecular weight excluding hydrogens is 451 g/mol. The lowest BCUT2D eigenvalue weighted by Crippen LogP contribution is -2.51. The molecule has 3 aromatic rings. The van der Waals surface area contributed by atoms with E-state index in [2.05, 4.69) is 5.32 Å². The molecule has 2 amide bonds. The molecule has 34 heavy (non-hydrogen) atoms. The minimum atomic E-state index is -0.799. The number of hydrogen-bond donors (Lipinski definition) is 1. The molecule has 0 heterocycles. The van der Waals surface area contributed by atoms with Gasteiger partial charge in [-0.15, -0.1) is 0 Å². The van der Waals surface area contributed by atoms with E-state index < -0.39 is 11.9 Å². The Balaban J connectivity index is 1.97. The highest BCUT2D eigenvalue weighted by Crippen LogP contribution is 2.19. The summed E-state index contributed by atoms with van der Waals surface area (Å²) in [5, 5.41) is 3.49. The first-order valence-corrected chi connectivity index (χ1v) is 11.8. The summed E-state index contributed by atoms with van der Waals surface area (Å²) in [7, 11) is 0. The van der Waals surface area contributed by atoms with Gasteiger partial charge in [0.05, 0.1) is 6.42 Å². The zero-order valence-corrected chi connectivity index (χ0v) is 20.3. The Morgan fingerprint density at radius 1 is 0.941 bits per heavy atom. The van der Waals surface area contributed by atoms with Gasteiger partial charge in [0, 0.05) is 30.1 Å². The number of amides is 2. The first-order valence-electron chi connectivity index (χ1n) is 11.4. The lowest BCUT2D eigenvalue weighted by Gasteiger charge is -2.32. The van der Waals surface area contributed by atoms with Gasteiger partial charge in [-0.3, -0.25) is 9.59 Å². The second-order valence-corrected chi connectivity index (χ2v) is 9.20. The highest BCUT2D eigenvalue weighted by atomic mass is 35.5. The largest absolute Gasteiger partial charge is 0.354 e. The molecule has 0 aromatic heterocycles. The number of halogens is 2. The smallest absolute Gasteiger partial charge is 0.243 e. The molecule has 0 saturated carbocycles. The molecule has 6 heteroatoms. The molecule has 4 nitrogen and oxygen atoms in total. The van der Waals surface area contributed by atoms with Crippen LogP contribution in [0.5, 0.6) is 0 Å². The van der Waals surface area contributed by atoms with E-state index in [-0.39, 0.29) is 30.7 Å². The van der Waals surface area contributed by atoms with Crippen molar-refractivity contribution in [3.05, 3.63) is 106 Å². The Labute approximate surface area is 205 Å². The standard InChI is InChI=1S/C28H30ClFN2O2/c1-20(2)18-31-28(34)26(16-21-9-4-3-5-10-21)32(19-23-12-6-7-14-25(23)30)27(33)17-22-11-8-13-24(29)15-22/h3-15,20,26H,16-19H2,1-2H3,(H,31,34)/t26-/m1/s1. The summed E-state index contributed by atoms with van der Waals surface area (Å²) in [4.78, 5) is 28.4. The van der Waals surface area contributed by atoms with Crippen LogP contribution in [-0.4, -0.2) is 29.3 Å². The van der Waals surface area contributed by atoms with Gasteiger partial charge < -0.3 is 10.2 Å². The molecule has 1 atom stereocenters. The molecule has 0 spiro atoms. The SMILES string of the molecule is CC(C)CNC(=O)[C@@H](Cc1ccccc1)N(Cc1ccccc1F)C(=O)Cc1cccc(Cl)c1. The topological polar surface area (TPSA) is 49.4 Å². The second-order valence-electron chi connectivity index (χ2n) is 8.76. The van der Waals surface area contributed by atoms with Crippen LogP contribution < -0.4 is 5.32 Å². The van der Waals surface area contributed by atoms with Crippen LogP contribution in [-0.2, 0) is 29.0 Å². The summed E-state index contributed by atoms with van der Waals surface area (Å²) >= 11 is 6.11. The average molecular weight is 481 g/mol. The van der Waals surface area contributed by atoms with E-state index in [0.717, 1.165) is 11.1 Å². The Morgan fingerprint density at radius 3 is 2.29 bits per heavy atom. The molecule has 0 aliphatic heterocycles. The third-order valence-corrected chi connectivity index (χ3v) is 5.73. The van der Waals surface area contributed by atoms with Crippen LogP contribution in [0.2, 0.25) is 5.02 Å². The third kappa shape index (κ3) is 7.42. The predicted octanol–water partition coefficient (Wildman–Crippen LogP) is 5.43. The van der Waals surface area contributed by atoms with E-state index in [4.69, 9.17) is 11.6 Å². The van der Waals surface area contributed by atoms with Crippen molar-refractivity contribution in [3.8, 4) is 0 Å². The van der Waals surface area contributed by atoms with Gasteiger partial charge in [0.15, 0.2) is 0 Å². The van der Waals surface area contributed by atoms with Crippen molar-refractivity contribution in [1.82, 2.24) is 10.2 Å². The summed E-state index contributed by atoms with van der Waals surface area (Å²) in [5.41, 5.74) is 2.01. The molecule has 0 aliphatic carbocycles. The maximum absolute atomic E-state index is 14.6. The molecule has 0 bridgehead atoms. The molecule has 3 aromatic carbocycles. The maximum Gasteiger partial charge on any atom is 0.243 e. The molecule has 0 unspecified atom stereocenters. The third-order valence-electron chi connectivity index (χ3n) is 5.50. The van der Waals surface area contributed by atoms with E-state index in [1.54, 1.807) is 36.4 Å². The van der Waals surface area contributed by atoms with E-state index in [1.165, 1.54) is 11.0 Å². The summed E-state index contributed by atoms with van der Waals surface area (Å²) < 4.78 is 14.6. The number of carbonyl (C=O) groups excluding carboxylic acids is 2. The lowest BCUT2D eigenvalue weighted by atomic mass is 10.0. The molecule has 3 rings (SSSR count). The van der Waals surface area contributed by atoms with E-state index in [9.17, 15) is 14.0 Å². The summed E-state index contributed by atoms with van der Waals surface area (Å²) in [5.74, 6) is -0.688. The molecule has 0 fully saturated rings. The highest BCUT2D eigenvalue weighted by Gasteiger charge is 2.31. The Morgan fingerprint density at radius 2 is 1.62 bits per heavy atom.